The molecule has 1 amide bonds. The van der Waals surface area contributed by atoms with Crippen molar-refractivity contribution in [2.75, 3.05) is 4.90 Å². The number of phenolic OH excluding ortho intramolecular Hbond substituents is 1. The van der Waals surface area contributed by atoms with Gasteiger partial charge in [-0.3, -0.25) is 4.90 Å². The molecule has 1 atom stereocenters. The molecule has 2 aromatic carbocycles. The molecule has 1 aliphatic rings. The maximum Gasteiger partial charge on any atom is 0.420 e. The number of phenols is 1. The molecule has 4 nitrogen and oxygen atoms in total. The van der Waals surface area contributed by atoms with E-state index >= 15 is 0 Å². The second-order valence-electron chi connectivity index (χ2n) is 5.24. The molecule has 0 saturated carbocycles. The smallest absolute Gasteiger partial charge is 0.420 e. The first-order chi connectivity index (χ1) is 11.2. The number of hydrogen-bond donors (Lipinski definition) is 1. The number of fused-ring (bicyclic) bond motifs is 1. The van der Waals surface area contributed by atoms with Crippen molar-refractivity contribution in [3.8, 4) is 11.5 Å². The van der Waals surface area contributed by atoms with E-state index in [0.29, 0.717) is 17.9 Å². The SMILES string of the molecule is C=CCC1C=Cc2cc(O)ccc2N1C(=O)Oc1ccccc1. The lowest BCUT2D eigenvalue weighted by molar-refractivity contribution is 0.206. The topological polar surface area (TPSA) is 49.8 Å². The van der Waals surface area contributed by atoms with Gasteiger partial charge in [-0.1, -0.05) is 36.4 Å². The van der Waals surface area contributed by atoms with Crippen LogP contribution in [0.5, 0.6) is 11.5 Å². The van der Waals surface area contributed by atoms with Gasteiger partial charge in [0.15, 0.2) is 0 Å². The molecule has 0 bridgehead atoms. The standard InChI is InChI=1S/C19H17NO3/c1-2-6-15-10-9-14-13-16(21)11-12-18(14)20(15)19(22)23-17-7-4-3-5-8-17/h2-5,7-13,15,21H,1,6H2. The van der Waals surface area contributed by atoms with Crippen LogP contribution in [0.15, 0.2) is 67.3 Å². The minimum Gasteiger partial charge on any atom is -0.508 e. The number of carbonyl (C=O) groups excluding carboxylic acids is 1. The van der Waals surface area contributed by atoms with E-state index in [1.807, 2.05) is 30.4 Å². The normalized spacial score (nSPS) is 15.8. The Morgan fingerprint density at radius 1 is 1.26 bits per heavy atom. The van der Waals surface area contributed by atoms with Crippen molar-refractivity contribution in [1.82, 2.24) is 0 Å². The minimum absolute atomic E-state index is 0.159. The number of hydrogen-bond acceptors (Lipinski definition) is 3. The van der Waals surface area contributed by atoms with Crippen LogP contribution < -0.4 is 9.64 Å². The van der Waals surface area contributed by atoms with E-state index in [9.17, 15) is 9.90 Å². The van der Waals surface area contributed by atoms with Crippen LogP contribution in [0, 0.1) is 0 Å². The summed E-state index contributed by atoms with van der Waals surface area (Å²) >= 11 is 0. The molecular weight excluding hydrogens is 290 g/mol. The lowest BCUT2D eigenvalue weighted by Crippen LogP contribution is -2.42. The Kier molecular flexibility index (Phi) is 4.15. The van der Waals surface area contributed by atoms with Crippen LogP contribution in [0.2, 0.25) is 0 Å². The zero-order valence-electron chi connectivity index (χ0n) is 12.6. The zero-order chi connectivity index (χ0) is 16.2. The van der Waals surface area contributed by atoms with Gasteiger partial charge in [-0.05, 0) is 36.8 Å². The molecule has 0 aliphatic carbocycles. The molecule has 3 rings (SSSR count). The number of nitrogens with zero attached hydrogens (tertiary/aromatic N) is 1. The van der Waals surface area contributed by atoms with Crippen LogP contribution >= 0.6 is 0 Å². The molecule has 4 heteroatoms. The molecule has 116 valence electrons. The van der Waals surface area contributed by atoms with E-state index in [1.54, 1.807) is 41.3 Å². The fourth-order valence-electron chi connectivity index (χ4n) is 2.60. The molecule has 23 heavy (non-hydrogen) atoms. The summed E-state index contributed by atoms with van der Waals surface area (Å²) in [6, 6.07) is 13.7. The highest BCUT2D eigenvalue weighted by Crippen LogP contribution is 2.33. The molecule has 0 fully saturated rings. The molecule has 1 heterocycles. The van der Waals surface area contributed by atoms with Crippen molar-refractivity contribution >= 4 is 17.9 Å². The number of ether oxygens (including phenoxy) is 1. The fraction of sp³-hybridized carbons (Fsp3) is 0.105. The van der Waals surface area contributed by atoms with E-state index in [1.165, 1.54) is 0 Å². The molecular formula is C19H17NO3. The van der Waals surface area contributed by atoms with Crippen molar-refractivity contribution in [2.24, 2.45) is 0 Å². The van der Waals surface area contributed by atoms with Crippen molar-refractivity contribution in [1.29, 1.82) is 0 Å². The molecule has 0 radical (unpaired) electrons. The van der Waals surface area contributed by atoms with E-state index < -0.39 is 6.09 Å². The Morgan fingerprint density at radius 2 is 2.04 bits per heavy atom. The Bertz CT molecular complexity index is 752. The van der Waals surface area contributed by atoms with Gasteiger partial charge in [0.25, 0.3) is 0 Å². The summed E-state index contributed by atoms with van der Waals surface area (Å²) in [6.45, 7) is 3.75. The van der Waals surface area contributed by atoms with Gasteiger partial charge in [-0.25, -0.2) is 4.79 Å². The summed E-state index contributed by atoms with van der Waals surface area (Å²) in [5.41, 5.74) is 1.48. The number of aromatic hydroxyl groups is 1. The van der Waals surface area contributed by atoms with Crippen molar-refractivity contribution < 1.29 is 14.6 Å². The summed E-state index contributed by atoms with van der Waals surface area (Å²) in [6.07, 6.45) is 5.73. The highest BCUT2D eigenvalue weighted by molar-refractivity contribution is 5.95. The van der Waals surface area contributed by atoms with E-state index in [-0.39, 0.29) is 11.8 Å². The van der Waals surface area contributed by atoms with E-state index in [4.69, 9.17) is 4.74 Å². The van der Waals surface area contributed by atoms with Gasteiger partial charge in [0.2, 0.25) is 0 Å². The first-order valence-electron chi connectivity index (χ1n) is 7.37. The minimum atomic E-state index is -0.459. The van der Waals surface area contributed by atoms with Gasteiger partial charge in [0.1, 0.15) is 11.5 Å². The second kappa shape index (κ2) is 6.40. The van der Waals surface area contributed by atoms with E-state index in [2.05, 4.69) is 6.58 Å². The molecule has 1 aliphatic heterocycles. The monoisotopic (exact) mass is 307 g/mol. The van der Waals surface area contributed by atoms with Crippen molar-refractivity contribution in [3.63, 3.8) is 0 Å². The van der Waals surface area contributed by atoms with Crippen molar-refractivity contribution in [3.05, 3.63) is 72.8 Å². The average Bonchev–Trinajstić information content (AvgIpc) is 2.55. The summed E-state index contributed by atoms with van der Waals surface area (Å²) in [5, 5.41) is 9.63. The first kappa shape index (κ1) is 14.9. The molecule has 1 unspecified atom stereocenters. The summed E-state index contributed by atoms with van der Waals surface area (Å²) in [4.78, 5) is 14.3. The number of carbonyl (C=O) groups is 1. The second-order valence-corrected chi connectivity index (χ2v) is 5.24. The number of para-hydroxylation sites is 1. The third-order valence-electron chi connectivity index (χ3n) is 3.65. The summed E-state index contributed by atoms with van der Waals surface area (Å²) < 4.78 is 5.47. The maximum absolute atomic E-state index is 12.7. The molecule has 0 saturated heterocycles. The van der Waals surface area contributed by atoms with Crippen molar-refractivity contribution in [2.45, 2.75) is 12.5 Å². The van der Waals surface area contributed by atoms with Crippen LogP contribution in [0.25, 0.3) is 6.08 Å². The van der Waals surface area contributed by atoms with Crippen LogP contribution in [-0.4, -0.2) is 17.2 Å². The van der Waals surface area contributed by atoms with Gasteiger partial charge in [0, 0.05) is 5.56 Å². The van der Waals surface area contributed by atoms with Gasteiger partial charge < -0.3 is 9.84 Å². The molecule has 2 aromatic rings. The predicted molar refractivity (Wildman–Crippen MR) is 90.7 cm³/mol. The number of amides is 1. The van der Waals surface area contributed by atoms with Crippen LogP contribution in [0.3, 0.4) is 0 Å². The summed E-state index contributed by atoms with van der Waals surface area (Å²) in [5.74, 6) is 0.650. The lowest BCUT2D eigenvalue weighted by atomic mass is 10.0. The Balaban J connectivity index is 1.94. The third-order valence-corrected chi connectivity index (χ3v) is 3.65. The molecule has 0 aromatic heterocycles. The fourth-order valence-corrected chi connectivity index (χ4v) is 2.60. The molecule has 0 spiro atoms. The van der Waals surface area contributed by atoms with E-state index in [0.717, 1.165) is 5.56 Å². The highest BCUT2D eigenvalue weighted by Gasteiger charge is 2.29. The quantitative estimate of drug-likeness (QED) is 0.857. The number of anilines is 1. The van der Waals surface area contributed by atoms with Gasteiger partial charge in [-0.2, -0.15) is 0 Å². The first-order valence-corrected chi connectivity index (χ1v) is 7.37. The Labute approximate surface area is 134 Å². The predicted octanol–water partition coefficient (Wildman–Crippen LogP) is 4.37. The van der Waals surface area contributed by atoms with Crippen LogP contribution in [-0.2, 0) is 0 Å². The van der Waals surface area contributed by atoms with Crippen LogP contribution in [0.1, 0.15) is 12.0 Å². The zero-order valence-corrected chi connectivity index (χ0v) is 12.6. The third kappa shape index (κ3) is 3.11. The van der Waals surface area contributed by atoms with Gasteiger partial charge >= 0.3 is 6.09 Å². The highest BCUT2D eigenvalue weighted by atomic mass is 16.6. The summed E-state index contributed by atoms with van der Waals surface area (Å²) in [7, 11) is 0. The van der Waals surface area contributed by atoms with Gasteiger partial charge in [0.05, 0.1) is 11.7 Å². The average molecular weight is 307 g/mol. The number of rotatable bonds is 3. The Morgan fingerprint density at radius 3 is 2.78 bits per heavy atom. The largest absolute Gasteiger partial charge is 0.508 e. The maximum atomic E-state index is 12.7. The van der Waals surface area contributed by atoms with Gasteiger partial charge in [-0.15, -0.1) is 6.58 Å². The Hall–Kier alpha value is -3.01. The van der Waals surface area contributed by atoms with Crippen LogP contribution in [0.4, 0.5) is 10.5 Å². The molecule has 1 N–H and O–H groups in total. The lowest BCUT2D eigenvalue weighted by Gasteiger charge is -2.32. The number of benzene rings is 2.